The molecular weight excluding hydrogens is 284 g/mol. The van der Waals surface area contributed by atoms with Gasteiger partial charge in [-0.2, -0.15) is 0 Å². The summed E-state index contributed by atoms with van der Waals surface area (Å²) in [5.74, 6) is 1.53. The van der Waals surface area contributed by atoms with Gasteiger partial charge in [0.15, 0.2) is 5.03 Å². The van der Waals surface area contributed by atoms with Crippen LogP contribution in [0.3, 0.4) is 0 Å². The van der Waals surface area contributed by atoms with Gasteiger partial charge in [-0.15, -0.1) is 0 Å². The average Bonchev–Trinajstić information content (AvgIpc) is 2.73. The molecule has 0 N–H and O–H groups in total. The Bertz CT molecular complexity index is 539. The van der Waals surface area contributed by atoms with E-state index in [9.17, 15) is 8.42 Å². The molecule has 1 saturated carbocycles. The summed E-state index contributed by atoms with van der Waals surface area (Å²) in [5.41, 5.74) is 0. The van der Waals surface area contributed by atoms with Gasteiger partial charge in [0, 0.05) is 29.3 Å². The zero-order valence-electron chi connectivity index (χ0n) is 11.5. The third-order valence-electron chi connectivity index (χ3n) is 3.81. The second kappa shape index (κ2) is 5.83. The van der Waals surface area contributed by atoms with E-state index < -0.39 is 9.05 Å². The van der Waals surface area contributed by atoms with Gasteiger partial charge in [-0.05, 0) is 25.2 Å². The zero-order chi connectivity index (χ0) is 14.0. The van der Waals surface area contributed by atoms with Crippen molar-refractivity contribution >= 4 is 19.7 Å². The maximum absolute atomic E-state index is 11.4. The summed E-state index contributed by atoms with van der Waals surface area (Å²) >= 11 is 0. The summed E-state index contributed by atoms with van der Waals surface area (Å²) in [4.78, 5) is 4.21. The number of aryl methyl sites for hydroxylation is 1. The lowest BCUT2D eigenvalue weighted by molar-refractivity contribution is 0.277. The minimum atomic E-state index is -3.73. The number of halogens is 1. The smallest absolute Gasteiger partial charge is 0.280 e. The van der Waals surface area contributed by atoms with Crippen LogP contribution in [0.5, 0.6) is 0 Å². The summed E-state index contributed by atoms with van der Waals surface area (Å²) in [6, 6.07) is 0.366. The predicted octanol–water partition coefficient (Wildman–Crippen LogP) is 3.51. The highest BCUT2D eigenvalue weighted by Crippen LogP contribution is 2.34. The van der Waals surface area contributed by atoms with Crippen molar-refractivity contribution in [1.29, 1.82) is 0 Å². The Hall–Kier alpha value is -0.550. The second-order valence-corrected chi connectivity index (χ2v) is 8.03. The first-order valence-corrected chi connectivity index (χ1v) is 9.25. The van der Waals surface area contributed by atoms with Crippen LogP contribution in [-0.4, -0.2) is 18.0 Å². The predicted molar refractivity (Wildman–Crippen MR) is 75.9 cm³/mol. The van der Waals surface area contributed by atoms with Crippen LogP contribution in [0.2, 0.25) is 0 Å². The van der Waals surface area contributed by atoms with Gasteiger partial charge in [0.2, 0.25) is 0 Å². The molecule has 2 unspecified atom stereocenters. The first-order chi connectivity index (χ1) is 8.91. The van der Waals surface area contributed by atoms with Gasteiger partial charge >= 0.3 is 0 Å². The van der Waals surface area contributed by atoms with E-state index in [0.717, 1.165) is 31.5 Å². The van der Waals surface area contributed by atoms with E-state index in [1.165, 1.54) is 12.8 Å². The molecule has 0 saturated heterocycles. The summed E-state index contributed by atoms with van der Waals surface area (Å²) in [6.45, 7) is 4.32. The molecule has 0 amide bonds. The van der Waals surface area contributed by atoms with Crippen molar-refractivity contribution in [3.8, 4) is 0 Å². The molecule has 4 nitrogen and oxygen atoms in total. The van der Waals surface area contributed by atoms with E-state index in [-0.39, 0.29) is 5.03 Å². The quantitative estimate of drug-likeness (QED) is 0.800. The van der Waals surface area contributed by atoms with E-state index in [2.05, 4.69) is 23.4 Å². The molecule has 0 aromatic carbocycles. The lowest BCUT2D eigenvalue weighted by Gasteiger charge is -2.28. The zero-order valence-corrected chi connectivity index (χ0v) is 13.0. The van der Waals surface area contributed by atoms with Gasteiger partial charge in [0.1, 0.15) is 5.82 Å². The number of nitrogens with zero attached hydrogens (tertiary/aromatic N) is 2. The van der Waals surface area contributed by atoms with Gasteiger partial charge in [-0.3, -0.25) is 0 Å². The van der Waals surface area contributed by atoms with Crippen LogP contribution in [-0.2, 0) is 15.5 Å². The van der Waals surface area contributed by atoms with Crippen molar-refractivity contribution in [3.63, 3.8) is 0 Å². The SMILES string of the molecule is CCCc1nc(S(=O)(=O)Cl)cn1C1CCCC(C)C1. The molecule has 0 bridgehead atoms. The van der Waals surface area contributed by atoms with Gasteiger partial charge in [-0.1, -0.05) is 26.7 Å². The highest BCUT2D eigenvalue weighted by atomic mass is 35.7. The van der Waals surface area contributed by atoms with Gasteiger partial charge in [0.05, 0.1) is 0 Å². The third kappa shape index (κ3) is 3.51. The van der Waals surface area contributed by atoms with Crippen LogP contribution in [0.25, 0.3) is 0 Å². The third-order valence-corrected chi connectivity index (χ3v) is 4.98. The minimum Gasteiger partial charge on any atom is -0.330 e. The van der Waals surface area contributed by atoms with Gasteiger partial charge < -0.3 is 4.57 Å². The number of hydrogen-bond donors (Lipinski definition) is 0. The molecule has 1 aromatic heterocycles. The van der Waals surface area contributed by atoms with Crippen molar-refractivity contribution in [2.75, 3.05) is 0 Å². The normalized spacial score (nSPS) is 24.6. The highest BCUT2D eigenvalue weighted by Gasteiger charge is 2.25. The fourth-order valence-corrected chi connectivity index (χ4v) is 3.58. The molecule has 2 rings (SSSR count). The van der Waals surface area contributed by atoms with E-state index in [0.29, 0.717) is 12.0 Å². The van der Waals surface area contributed by atoms with E-state index in [1.807, 2.05) is 0 Å². The Morgan fingerprint density at radius 2 is 2.21 bits per heavy atom. The first-order valence-electron chi connectivity index (χ1n) is 6.94. The number of rotatable bonds is 4. The van der Waals surface area contributed by atoms with Crippen LogP contribution >= 0.6 is 10.7 Å². The van der Waals surface area contributed by atoms with Gasteiger partial charge in [0.25, 0.3) is 9.05 Å². The Morgan fingerprint density at radius 3 is 2.79 bits per heavy atom. The maximum Gasteiger partial charge on any atom is 0.280 e. The van der Waals surface area contributed by atoms with Crippen molar-refractivity contribution in [2.45, 2.75) is 63.4 Å². The topological polar surface area (TPSA) is 52.0 Å². The molecule has 1 aromatic rings. The van der Waals surface area contributed by atoms with E-state index >= 15 is 0 Å². The van der Waals surface area contributed by atoms with Crippen molar-refractivity contribution in [3.05, 3.63) is 12.0 Å². The molecule has 19 heavy (non-hydrogen) atoms. The lowest BCUT2D eigenvalue weighted by Crippen LogP contribution is -2.19. The minimum absolute atomic E-state index is 0.00385. The van der Waals surface area contributed by atoms with Crippen molar-refractivity contribution in [2.24, 2.45) is 5.92 Å². The Labute approximate surface area is 119 Å². The summed E-state index contributed by atoms with van der Waals surface area (Å²) in [5, 5.41) is -0.00385. The standard InChI is InChI=1S/C13H21ClN2O2S/c1-3-5-12-15-13(19(14,17)18)9-16(12)11-7-4-6-10(2)8-11/h9-11H,3-8H2,1-2H3. The fourth-order valence-electron chi connectivity index (χ4n) is 2.90. The Kier molecular flexibility index (Phi) is 4.56. The average molecular weight is 305 g/mol. The molecule has 1 aliphatic carbocycles. The molecular formula is C13H21ClN2O2S. The van der Waals surface area contributed by atoms with Crippen LogP contribution in [0.1, 0.15) is 57.8 Å². The molecule has 2 atom stereocenters. The monoisotopic (exact) mass is 304 g/mol. The molecule has 0 aliphatic heterocycles. The number of imidazole rings is 1. The maximum atomic E-state index is 11.4. The highest BCUT2D eigenvalue weighted by molar-refractivity contribution is 8.13. The molecule has 6 heteroatoms. The summed E-state index contributed by atoms with van der Waals surface area (Å²) in [7, 11) is 1.67. The van der Waals surface area contributed by atoms with Crippen LogP contribution in [0.15, 0.2) is 11.2 Å². The van der Waals surface area contributed by atoms with Crippen molar-refractivity contribution in [1.82, 2.24) is 9.55 Å². The Morgan fingerprint density at radius 1 is 1.47 bits per heavy atom. The molecule has 0 radical (unpaired) electrons. The van der Waals surface area contributed by atoms with Crippen LogP contribution in [0.4, 0.5) is 0 Å². The molecule has 1 heterocycles. The van der Waals surface area contributed by atoms with Crippen LogP contribution in [0, 0.1) is 5.92 Å². The Balaban J connectivity index is 2.34. The summed E-state index contributed by atoms with van der Waals surface area (Å²) < 4.78 is 24.9. The molecule has 0 spiro atoms. The molecule has 1 aliphatic rings. The number of hydrogen-bond acceptors (Lipinski definition) is 3. The van der Waals surface area contributed by atoms with Gasteiger partial charge in [-0.25, -0.2) is 13.4 Å². The largest absolute Gasteiger partial charge is 0.330 e. The van der Waals surface area contributed by atoms with Crippen molar-refractivity contribution < 1.29 is 8.42 Å². The fraction of sp³-hybridized carbons (Fsp3) is 0.769. The number of aromatic nitrogens is 2. The van der Waals surface area contributed by atoms with Crippen LogP contribution < -0.4 is 0 Å². The molecule has 1 fully saturated rings. The molecule has 108 valence electrons. The van der Waals surface area contributed by atoms with E-state index in [1.54, 1.807) is 6.20 Å². The first kappa shape index (κ1) is 14.9. The lowest BCUT2D eigenvalue weighted by atomic mass is 9.87. The second-order valence-electron chi connectivity index (χ2n) is 5.52. The summed E-state index contributed by atoms with van der Waals surface area (Å²) in [6.07, 6.45) is 8.00. The van der Waals surface area contributed by atoms with E-state index in [4.69, 9.17) is 10.7 Å².